The monoisotopic (exact) mass is 535 g/mol. The number of pyridine rings is 1. The first-order valence-corrected chi connectivity index (χ1v) is 15.1. The Kier molecular flexibility index (Phi) is 6.48. The highest BCUT2D eigenvalue weighted by atomic mass is 32.2. The van der Waals surface area contributed by atoms with Gasteiger partial charge in [0.1, 0.15) is 5.69 Å². The average molecular weight is 536 g/mol. The first-order chi connectivity index (χ1) is 18.2. The lowest BCUT2D eigenvalue weighted by Crippen LogP contribution is -2.53. The molecular formula is C29H37N5O3S. The van der Waals surface area contributed by atoms with Crippen LogP contribution in [0.5, 0.6) is 0 Å². The largest absolute Gasteiger partial charge is 0.377 e. The summed E-state index contributed by atoms with van der Waals surface area (Å²) in [5.74, 6) is 0.719. The van der Waals surface area contributed by atoms with Crippen molar-refractivity contribution >= 4 is 32.2 Å². The van der Waals surface area contributed by atoms with Crippen molar-refractivity contribution < 1.29 is 8.42 Å². The molecule has 3 aliphatic heterocycles. The molecule has 202 valence electrons. The zero-order valence-electron chi connectivity index (χ0n) is 22.4. The Bertz CT molecular complexity index is 1520. The second-order valence-corrected chi connectivity index (χ2v) is 13.2. The molecule has 0 spiro atoms. The number of sulfonamides is 1. The number of nitrogens with zero attached hydrogens (tertiary/aromatic N) is 4. The zero-order valence-corrected chi connectivity index (χ0v) is 23.2. The Balaban J connectivity index is 1.28. The van der Waals surface area contributed by atoms with E-state index in [1.807, 2.05) is 53.9 Å². The van der Waals surface area contributed by atoms with E-state index in [4.69, 9.17) is 0 Å². The molecular weight excluding hydrogens is 498 g/mol. The summed E-state index contributed by atoms with van der Waals surface area (Å²) in [6.07, 6.45) is 3.50. The fourth-order valence-corrected chi connectivity index (χ4v) is 8.09. The number of aromatic nitrogens is 1. The summed E-state index contributed by atoms with van der Waals surface area (Å²) >= 11 is 0. The van der Waals surface area contributed by atoms with Crippen LogP contribution < -0.4 is 15.2 Å². The highest BCUT2D eigenvalue weighted by molar-refractivity contribution is 7.93. The van der Waals surface area contributed by atoms with Crippen LogP contribution in [0, 0.1) is 5.92 Å². The summed E-state index contributed by atoms with van der Waals surface area (Å²) in [7, 11) is 2.09. The molecule has 2 aromatic carbocycles. The van der Waals surface area contributed by atoms with Gasteiger partial charge in [-0.05, 0) is 69.6 Å². The SMILES string of the molecule is CN1CCC(N2C[C@@H]3C[C@H](C2)c2ccc(NS(=O)(=O)c4cccc5c(N(C)C)cccc45)c(=O)n2C3)CC1. The maximum Gasteiger partial charge on any atom is 0.275 e. The lowest BCUT2D eigenvalue weighted by Gasteiger charge is -2.47. The van der Waals surface area contributed by atoms with E-state index in [1.54, 1.807) is 18.2 Å². The summed E-state index contributed by atoms with van der Waals surface area (Å²) in [6, 6.07) is 15.2. The van der Waals surface area contributed by atoms with E-state index in [2.05, 4.69) is 21.6 Å². The van der Waals surface area contributed by atoms with Crippen LogP contribution in [-0.2, 0) is 16.6 Å². The number of fused-ring (bicyclic) bond motifs is 5. The van der Waals surface area contributed by atoms with E-state index in [1.165, 1.54) is 12.8 Å². The molecule has 0 unspecified atom stereocenters. The van der Waals surface area contributed by atoms with Crippen LogP contribution in [0.25, 0.3) is 10.8 Å². The summed E-state index contributed by atoms with van der Waals surface area (Å²) < 4.78 is 31.6. The van der Waals surface area contributed by atoms with Crippen LogP contribution >= 0.6 is 0 Å². The Hall–Kier alpha value is -2.88. The Labute approximate surface area is 224 Å². The lowest BCUT2D eigenvalue weighted by molar-refractivity contribution is 0.0517. The van der Waals surface area contributed by atoms with Gasteiger partial charge in [0, 0.05) is 67.8 Å². The molecule has 9 heteroatoms. The molecule has 38 heavy (non-hydrogen) atoms. The minimum absolute atomic E-state index is 0.113. The number of benzene rings is 2. The lowest BCUT2D eigenvalue weighted by atomic mass is 9.82. The molecule has 0 amide bonds. The molecule has 2 saturated heterocycles. The molecule has 0 saturated carbocycles. The third kappa shape index (κ3) is 4.50. The van der Waals surface area contributed by atoms with E-state index in [9.17, 15) is 13.2 Å². The quantitative estimate of drug-likeness (QED) is 0.540. The van der Waals surface area contributed by atoms with Crippen LogP contribution in [0.1, 0.15) is 30.9 Å². The zero-order chi connectivity index (χ0) is 26.6. The number of piperidine rings is 2. The van der Waals surface area contributed by atoms with Crippen molar-refractivity contribution in [3.8, 4) is 0 Å². The van der Waals surface area contributed by atoms with E-state index < -0.39 is 10.0 Å². The van der Waals surface area contributed by atoms with Gasteiger partial charge in [-0.2, -0.15) is 0 Å². The number of rotatable bonds is 5. The standard InChI is InChI=1S/C29H37N5O3S/c1-31(2)27-8-4-7-24-23(27)6-5-9-28(24)38(36,37)30-25-10-11-26-21-16-20(18-34(26)29(25)35)17-33(19-21)22-12-14-32(3)15-13-22/h4-11,20-22,30H,12-19H2,1-3H3/t20-,21+/m0/s1. The van der Waals surface area contributed by atoms with Gasteiger partial charge in [0.2, 0.25) is 0 Å². The third-order valence-corrected chi connectivity index (χ3v) is 10.1. The van der Waals surface area contributed by atoms with Crippen LogP contribution in [0.3, 0.4) is 0 Å². The normalized spacial score (nSPS) is 22.8. The average Bonchev–Trinajstić information content (AvgIpc) is 2.90. The van der Waals surface area contributed by atoms with Crippen molar-refractivity contribution in [2.24, 2.45) is 5.92 Å². The maximum atomic E-state index is 13.6. The van der Waals surface area contributed by atoms with Gasteiger partial charge in [0.05, 0.1) is 4.90 Å². The van der Waals surface area contributed by atoms with Gasteiger partial charge in [-0.1, -0.05) is 24.3 Å². The molecule has 3 aliphatic rings. The fraction of sp³-hybridized carbons (Fsp3) is 0.483. The fourth-order valence-electron chi connectivity index (χ4n) is 6.81. The Morgan fingerprint density at radius 2 is 1.66 bits per heavy atom. The number of nitrogens with one attached hydrogen (secondary N) is 1. The Morgan fingerprint density at radius 1 is 0.921 bits per heavy atom. The van der Waals surface area contributed by atoms with Crippen LogP contribution in [0.2, 0.25) is 0 Å². The van der Waals surface area contributed by atoms with Crippen molar-refractivity contribution in [2.45, 2.75) is 42.7 Å². The predicted molar refractivity (Wildman–Crippen MR) is 153 cm³/mol. The molecule has 3 aromatic rings. The number of likely N-dealkylation sites (tertiary alicyclic amines) is 2. The number of hydrogen-bond donors (Lipinski definition) is 1. The summed E-state index contributed by atoms with van der Waals surface area (Å²) in [4.78, 5) is 20.8. The van der Waals surface area contributed by atoms with Gasteiger partial charge in [0.25, 0.3) is 15.6 Å². The first kappa shape index (κ1) is 25.4. The molecule has 1 aromatic heterocycles. The number of anilines is 2. The molecule has 0 aliphatic carbocycles. The molecule has 2 atom stereocenters. The topological polar surface area (TPSA) is 77.9 Å². The minimum atomic E-state index is -3.97. The first-order valence-electron chi connectivity index (χ1n) is 13.6. The van der Waals surface area contributed by atoms with E-state index in [0.29, 0.717) is 29.8 Å². The molecule has 6 rings (SSSR count). The maximum absolute atomic E-state index is 13.6. The van der Waals surface area contributed by atoms with Crippen LogP contribution in [0.15, 0.2) is 58.2 Å². The highest BCUT2D eigenvalue weighted by Crippen LogP contribution is 2.37. The molecule has 2 fully saturated rings. The molecule has 0 radical (unpaired) electrons. The summed E-state index contributed by atoms with van der Waals surface area (Å²) in [5.41, 5.74) is 1.84. The molecule has 2 bridgehead atoms. The van der Waals surface area contributed by atoms with Gasteiger partial charge in [0.15, 0.2) is 0 Å². The van der Waals surface area contributed by atoms with Gasteiger partial charge in [-0.15, -0.1) is 0 Å². The molecule has 8 nitrogen and oxygen atoms in total. The summed E-state index contributed by atoms with van der Waals surface area (Å²) in [6.45, 7) is 4.91. The summed E-state index contributed by atoms with van der Waals surface area (Å²) in [5, 5.41) is 1.48. The van der Waals surface area contributed by atoms with Crippen molar-refractivity contribution in [1.82, 2.24) is 14.4 Å². The van der Waals surface area contributed by atoms with Gasteiger partial charge in [-0.3, -0.25) is 14.4 Å². The smallest absolute Gasteiger partial charge is 0.275 e. The second-order valence-electron chi connectivity index (χ2n) is 11.5. The van der Waals surface area contributed by atoms with Crippen LogP contribution in [-0.4, -0.2) is 76.1 Å². The van der Waals surface area contributed by atoms with Gasteiger partial charge >= 0.3 is 0 Å². The van der Waals surface area contributed by atoms with Crippen molar-refractivity contribution in [1.29, 1.82) is 0 Å². The second kappa shape index (κ2) is 9.70. The molecule has 1 N–H and O–H groups in total. The van der Waals surface area contributed by atoms with Gasteiger partial charge < -0.3 is 14.4 Å². The Morgan fingerprint density at radius 3 is 2.42 bits per heavy atom. The van der Waals surface area contributed by atoms with Crippen LogP contribution in [0.4, 0.5) is 11.4 Å². The van der Waals surface area contributed by atoms with E-state index in [0.717, 1.165) is 49.4 Å². The number of hydrogen-bond acceptors (Lipinski definition) is 6. The van der Waals surface area contributed by atoms with Crippen molar-refractivity contribution in [3.63, 3.8) is 0 Å². The van der Waals surface area contributed by atoms with Crippen molar-refractivity contribution in [3.05, 3.63) is 64.6 Å². The predicted octanol–water partition coefficient (Wildman–Crippen LogP) is 3.38. The molecule has 4 heterocycles. The van der Waals surface area contributed by atoms with E-state index >= 15 is 0 Å². The van der Waals surface area contributed by atoms with Gasteiger partial charge in [-0.25, -0.2) is 8.42 Å². The minimum Gasteiger partial charge on any atom is -0.377 e. The highest BCUT2D eigenvalue weighted by Gasteiger charge is 2.38. The third-order valence-electron chi connectivity index (χ3n) is 8.71. The van der Waals surface area contributed by atoms with Crippen molar-refractivity contribution in [2.75, 3.05) is 56.9 Å². The van der Waals surface area contributed by atoms with E-state index in [-0.39, 0.29) is 16.1 Å².